The standard InChI is InChI=1S/C14H22N6/c1-20-13-11(9-17-20)12(15)18-14(19-13)16-8-4-7-10-5-2-3-6-10/h9-10H,2-8H2,1H3,(H3,15,16,18,19). The first kappa shape index (κ1) is 13.1. The zero-order valence-corrected chi connectivity index (χ0v) is 12.0. The molecule has 0 aliphatic heterocycles. The summed E-state index contributed by atoms with van der Waals surface area (Å²) in [6.07, 6.45) is 9.81. The second-order valence-electron chi connectivity index (χ2n) is 5.66. The second-order valence-corrected chi connectivity index (χ2v) is 5.66. The monoisotopic (exact) mass is 274 g/mol. The molecule has 3 rings (SSSR count). The van der Waals surface area contributed by atoms with Crippen molar-refractivity contribution < 1.29 is 0 Å². The second kappa shape index (κ2) is 5.64. The number of rotatable bonds is 5. The third-order valence-electron chi connectivity index (χ3n) is 4.17. The lowest BCUT2D eigenvalue weighted by molar-refractivity contribution is 0.491. The maximum atomic E-state index is 5.93. The Bertz CT molecular complexity index is 585. The van der Waals surface area contributed by atoms with Crippen LogP contribution in [0.3, 0.4) is 0 Å². The number of hydrogen-bond donors (Lipinski definition) is 2. The molecule has 2 aromatic heterocycles. The van der Waals surface area contributed by atoms with Crippen molar-refractivity contribution in [3.05, 3.63) is 6.20 Å². The molecular weight excluding hydrogens is 252 g/mol. The van der Waals surface area contributed by atoms with Crippen molar-refractivity contribution in [2.24, 2.45) is 13.0 Å². The fourth-order valence-corrected chi connectivity index (χ4v) is 3.01. The maximum Gasteiger partial charge on any atom is 0.226 e. The van der Waals surface area contributed by atoms with Crippen LogP contribution in [0.2, 0.25) is 0 Å². The summed E-state index contributed by atoms with van der Waals surface area (Å²) in [6.45, 7) is 0.902. The molecule has 0 saturated heterocycles. The van der Waals surface area contributed by atoms with Gasteiger partial charge < -0.3 is 11.1 Å². The first-order chi connectivity index (χ1) is 9.74. The number of aryl methyl sites for hydroxylation is 1. The minimum Gasteiger partial charge on any atom is -0.383 e. The van der Waals surface area contributed by atoms with E-state index in [4.69, 9.17) is 5.73 Å². The number of fused-ring (bicyclic) bond motifs is 1. The van der Waals surface area contributed by atoms with Gasteiger partial charge in [-0.1, -0.05) is 25.7 Å². The van der Waals surface area contributed by atoms with E-state index in [2.05, 4.69) is 20.4 Å². The molecule has 1 fully saturated rings. The minimum atomic E-state index is 0.487. The average molecular weight is 274 g/mol. The van der Waals surface area contributed by atoms with Gasteiger partial charge in [-0.3, -0.25) is 4.68 Å². The Balaban J connectivity index is 1.58. The summed E-state index contributed by atoms with van der Waals surface area (Å²) in [5.41, 5.74) is 6.70. The third kappa shape index (κ3) is 2.69. The molecule has 0 bridgehead atoms. The van der Waals surface area contributed by atoms with Crippen molar-refractivity contribution in [3.8, 4) is 0 Å². The molecule has 0 radical (unpaired) electrons. The van der Waals surface area contributed by atoms with Crippen LogP contribution in [0.5, 0.6) is 0 Å². The summed E-state index contributed by atoms with van der Waals surface area (Å²) in [6, 6.07) is 0. The van der Waals surface area contributed by atoms with Crippen molar-refractivity contribution >= 4 is 22.8 Å². The summed E-state index contributed by atoms with van der Waals surface area (Å²) in [4.78, 5) is 8.75. The number of anilines is 2. The molecule has 1 aliphatic carbocycles. The van der Waals surface area contributed by atoms with E-state index in [9.17, 15) is 0 Å². The van der Waals surface area contributed by atoms with Gasteiger partial charge >= 0.3 is 0 Å². The zero-order valence-electron chi connectivity index (χ0n) is 12.0. The Labute approximate surface area is 118 Å². The first-order valence-corrected chi connectivity index (χ1v) is 7.43. The Morgan fingerprint density at radius 2 is 2.15 bits per heavy atom. The molecule has 6 nitrogen and oxygen atoms in total. The molecule has 2 aromatic rings. The first-order valence-electron chi connectivity index (χ1n) is 7.43. The van der Waals surface area contributed by atoms with Crippen LogP contribution in [-0.2, 0) is 7.05 Å². The molecular formula is C14H22N6. The van der Waals surface area contributed by atoms with Crippen LogP contribution in [0.1, 0.15) is 38.5 Å². The largest absolute Gasteiger partial charge is 0.383 e. The number of nitrogens with two attached hydrogens (primary N) is 1. The van der Waals surface area contributed by atoms with Gasteiger partial charge in [0.05, 0.1) is 11.6 Å². The molecule has 0 unspecified atom stereocenters. The summed E-state index contributed by atoms with van der Waals surface area (Å²) in [5, 5.41) is 8.24. The highest BCUT2D eigenvalue weighted by atomic mass is 15.3. The van der Waals surface area contributed by atoms with Crippen molar-refractivity contribution in [3.63, 3.8) is 0 Å². The van der Waals surface area contributed by atoms with E-state index in [-0.39, 0.29) is 0 Å². The Morgan fingerprint density at radius 1 is 1.35 bits per heavy atom. The summed E-state index contributed by atoms with van der Waals surface area (Å²) in [7, 11) is 1.86. The van der Waals surface area contributed by atoms with Crippen LogP contribution in [0, 0.1) is 5.92 Å². The molecule has 0 atom stereocenters. The molecule has 0 aromatic carbocycles. The molecule has 108 valence electrons. The Kier molecular flexibility index (Phi) is 3.71. The normalized spacial score (nSPS) is 16.1. The van der Waals surface area contributed by atoms with Crippen molar-refractivity contribution in [1.82, 2.24) is 19.7 Å². The molecule has 1 saturated carbocycles. The molecule has 2 heterocycles. The number of nitrogens with zero attached hydrogens (tertiary/aromatic N) is 4. The topological polar surface area (TPSA) is 81.7 Å². The number of nitrogen functional groups attached to an aromatic ring is 1. The van der Waals surface area contributed by atoms with E-state index in [1.54, 1.807) is 10.9 Å². The van der Waals surface area contributed by atoms with Crippen LogP contribution < -0.4 is 11.1 Å². The lowest BCUT2D eigenvalue weighted by atomic mass is 10.0. The van der Waals surface area contributed by atoms with Crippen LogP contribution >= 0.6 is 0 Å². The lowest BCUT2D eigenvalue weighted by Gasteiger charge is -2.09. The van der Waals surface area contributed by atoms with Crippen molar-refractivity contribution in [2.45, 2.75) is 38.5 Å². The predicted octanol–water partition coefficient (Wildman–Crippen LogP) is 2.33. The number of nitrogens with one attached hydrogen (secondary N) is 1. The van der Waals surface area contributed by atoms with E-state index in [0.29, 0.717) is 11.8 Å². The van der Waals surface area contributed by atoms with Crippen LogP contribution in [0.25, 0.3) is 11.0 Å². The van der Waals surface area contributed by atoms with Crippen LogP contribution in [-0.4, -0.2) is 26.3 Å². The number of hydrogen-bond acceptors (Lipinski definition) is 5. The predicted molar refractivity (Wildman–Crippen MR) is 80.4 cm³/mol. The Morgan fingerprint density at radius 3 is 2.95 bits per heavy atom. The third-order valence-corrected chi connectivity index (χ3v) is 4.17. The van der Waals surface area contributed by atoms with E-state index >= 15 is 0 Å². The van der Waals surface area contributed by atoms with Crippen LogP contribution in [0.4, 0.5) is 11.8 Å². The van der Waals surface area contributed by atoms with Gasteiger partial charge in [0.1, 0.15) is 5.82 Å². The average Bonchev–Trinajstić information content (AvgIpc) is 3.06. The molecule has 3 N–H and O–H groups in total. The van der Waals surface area contributed by atoms with Gasteiger partial charge in [-0.25, -0.2) is 0 Å². The van der Waals surface area contributed by atoms with Gasteiger partial charge in [0.2, 0.25) is 5.95 Å². The summed E-state index contributed by atoms with van der Waals surface area (Å²) in [5.74, 6) is 2.02. The number of aromatic nitrogens is 4. The smallest absolute Gasteiger partial charge is 0.226 e. The zero-order chi connectivity index (χ0) is 13.9. The van der Waals surface area contributed by atoms with E-state index < -0.39 is 0 Å². The van der Waals surface area contributed by atoms with E-state index in [0.717, 1.165) is 29.9 Å². The van der Waals surface area contributed by atoms with Gasteiger partial charge in [0.15, 0.2) is 5.65 Å². The molecule has 0 amide bonds. The van der Waals surface area contributed by atoms with Gasteiger partial charge in [-0.05, 0) is 18.8 Å². The maximum absolute atomic E-state index is 5.93. The van der Waals surface area contributed by atoms with Gasteiger partial charge in [0.25, 0.3) is 0 Å². The van der Waals surface area contributed by atoms with Crippen molar-refractivity contribution in [1.29, 1.82) is 0 Å². The minimum absolute atomic E-state index is 0.487. The van der Waals surface area contributed by atoms with Crippen LogP contribution in [0.15, 0.2) is 6.20 Å². The summed E-state index contributed by atoms with van der Waals surface area (Å²) >= 11 is 0. The molecule has 20 heavy (non-hydrogen) atoms. The van der Waals surface area contributed by atoms with E-state index in [1.807, 2.05) is 7.05 Å². The quantitative estimate of drug-likeness (QED) is 0.818. The Hall–Kier alpha value is -1.85. The SMILES string of the molecule is Cn1ncc2c(N)nc(NCCCC3CCCC3)nc21. The molecule has 6 heteroatoms. The fourth-order valence-electron chi connectivity index (χ4n) is 3.01. The van der Waals surface area contributed by atoms with Gasteiger partial charge in [0, 0.05) is 13.6 Å². The highest BCUT2D eigenvalue weighted by Crippen LogP contribution is 2.28. The van der Waals surface area contributed by atoms with E-state index in [1.165, 1.54) is 32.1 Å². The fraction of sp³-hybridized carbons (Fsp3) is 0.643. The highest BCUT2D eigenvalue weighted by Gasteiger charge is 2.14. The van der Waals surface area contributed by atoms with Gasteiger partial charge in [-0.2, -0.15) is 15.1 Å². The molecule has 0 spiro atoms. The van der Waals surface area contributed by atoms with Crippen molar-refractivity contribution in [2.75, 3.05) is 17.6 Å². The summed E-state index contributed by atoms with van der Waals surface area (Å²) < 4.78 is 1.72. The molecule has 1 aliphatic rings. The van der Waals surface area contributed by atoms with Gasteiger partial charge in [-0.15, -0.1) is 0 Å². The lowest BCUT2D eigenvalue weighted by Crippen LogP contribution is -2.09. The highest BCUT2D eigenvalue weighted by molar-refractivity contribution is 5.86.